The molecule has 1 N–H and O–H groups in total. The van der Waals surface area contributed by atoms with Gasteiger partial charge in [-0.1, -0.05) is 18.6 Å². The highest BCUT2D eigenvalue weighted by molar-refractivity contribution is 7.18. The maximum atomic E-state index is 13.2. The molecule has 3 heterocycles. The van der Waals surface area contributed by atoms with Gasteiger partial charge in [0.1, 0.15) is 0 Å². The molecule has 2 fully saturated rings. The number of benzene rings is 2. The molecule has 2 aliphatic heterocycles. The maximum Gasteiger partial charge on any atom is 0.251 e. The number of hydrogen-bond donors (Lipinski definition) is 1. The van der Waals surface area contributed by atoms with Gasteiger partial charge >= 0.3 is 0 Å². The highest BCUT2D eigenvalue weighted by Crippen LogP contribution is 2.39. The van der Waals surface area contributed by atoms with Crippen LogP contribution in [0.2, 0.25) is 0 Å². The second-order valence-corrected chi connectivity index (χ2v) is 10.5. The number of ether oxygens (including phenoxy) is 3. The van der Waals surface area contributed by atoms with Gasteiger partial charge in [-0.2, -0.15) is 0 Å². The SMILES string of the molecule is COc1cc(C(=O)NC2C[C@H]3CCC[C@@H](C2)N3CCc2nc3ccccc3s2)cc(OC)c1OC. The van der Waals surface area contributed by atoms with E-state index in [-0.39, 0.29) is 11.9 Å². The molecule has 7 nitrogen and oxygen atoms in total. The molecule has 1 amide bonds. The van der Waals surface area contributed by atoms with Crippen molar-refractivity contribution < 1.29 is 19.0 Å². The molecule has 0 radical (unpaired) electrons. The second kappa shape index (κ2) is 10.4. The Bertz CT molecular complexity index is 1120. The number of carbonyl (C=O) groups is 1. The van der Waals surface area contributed by atoms with Crippen LogP contribution < -0.4 is 19.5 Å². The molecule has 0 aliphatic carbocycles. The third-order valence-electron chi connectivity index (χ3n) is 7.31. The summed E-state index contributed by atoms with van der Waals surface area (Å²) in [5.41, 5.74) is 1.61. The summed E-state index contributed by atoms with van der Waals surface area (Å²) in [6.45, 7) is 1.03. The van der Waals surface area contributed by atoms with Crippen molar-refractivity contribution in [3.63, 3.8) is 0 Å². The molecule has 2 saturated heterocycles. The Hall–Kier alpha value is -2.84. The van der Waals surface area contributed by atoms with Crippen molar-refractivity contribution in [3.05, 3.63) is 47.0 Å². The van der Waals surface area contributed by atoms with E-state index in [2.05, 4.69) is 28.4 Å². The number of para-hydroxylation sites is 1. The zero-order valence-electron chi connectivity index (χ0n) is 20.6. The van der Waals surface area contributed by atoms with Gasteiger partial charge in [0.15, 0.2) is 11.5 Å². The van der Waals surface area contributed by atoms with Crippen molar-refractivity contribution in [2.45, 2.75) is 56.7 Å². The fourth-order valence-corrected chi connectivity index (χ4v) is 6.65. The highest BCUT2D eigenvalue weighted by Gasteiger charge is 2.38. The van der Waals surface area contributed by atoms with Gasteiger partial charge in [0.05, 0.1) is 36.6 Å². The normalized spacial score (nSPS) is 22.1. The van der Waals surface area contributed by atoms with Crippen molar-refractivity contribution in [2.24, 2.45) is 0 Å². The summed E-state index contributed by atoms with van der Waals surface area (Å²) >= 11 is 1.80. The number of carbonyl (C=O) groups excluding carboxylic acids is 1. The largest absolute Gasteiger partial charge is 0.493 e. The number of rotatable bonds is 8. The van der Waals surface area contributed by atoms with Gasteiger partial charge in [-0.05, 0) is 49.9 Å². The number of aromatic nitrogens is 1. The number of nitrogens with one attached hydrogen (secondary N) is 1. The lowest BCUT2D eigenvalue weighted by atomic mass is 9.81. The first-order valence-corrected chi connectivity index (χ1v) is 13.1. The van der Waals surface area contributed by atoms with Crippen LogP contribution in [-0.4, -0.2) is 61.8 Å². The van der Waals surface area contributed by atoms with Crippen molar-refractivity contribution >= 4 is 27.5 Å². The van der Waals surface area contributed by atoms with E-state index in [1.165, 1.54) is 29.0 Å². The molecule has 186 valence electrons. The number of hydrogen-bond acceptors (Lipinski definition) is 7. The van der Waals surface area contributed by atoms with E-state index in [1.54, 1.807) is 44.8 Å². The average molecular weight is 496 g/mol. The summed E-state index contributed by atoms with van der Waals surface area (Å²) in [4.78, 5) is 20.7. The molecule has 0 spiro atoms. The van der Waals surface area contributed by atoms with Gasteiger partial charge in [0.25, 0.3) is 5.91 Å². The minimum atomic E-state index is -0.102. The molecule has 8 heteroatoms. The number of thiazole rings is 1. The molecule has 0 saturated carbocycles. The Balaban J connectivity index is 1.24. The van der Waals surface area contributed by atoms with Crippen LogP contribution in [0.25, 0.3) is 10.2 Å². The van der Waals surface area contributed by atoms with Crippen LogP contribution in [0.5, 0.6) is 17.2 Å². The molecule has 35 heavy (non-hydrogen) atoms. The summed E-state index contributed by atoms with van der Waals surface area (Å²) in [5, 5.41) is 4.50. The summed E-state index contributed by atoms with van der Waals surface area (Å²) < 4.78 is 17.5. The van der Waals surface area contributed by atoms with Crippen LogP contribution in [0.3, 0.4) is 0 Å². The van der Waals surface area contributed by atoms with Crippen LogP contribution in [0.1, 0.15) is 47.5 Å². The van der Waals surface area contributed by atoms with E-state index in [1.807, 2.05) is 6.07 Å². The zero-order chi connectivity index (χ0) is 24.4. The summed E-state index contributed by atoms with van der Waals surface area (Å²) in [6.07, 6.45) is 6.58. The van der Waals surface area contributed by atoms with E-state index in [0.29, 0.717) is 34.9 Å². The molecule has 3 aromatic rings. The van der Waals surface area contributed by atoms with E-state index < -0.39 is 0 Å². The molecular formula is C27H33N3O4S. The molecule has 2 aliphatic rings. The van der Waals surface area contributed by atoms with Gasteiger partial charge in [-0.3, -0.25) is 9.69 Å². The lowest BCUT2D eigenvalue weighted by Gasteiger charge is -2.49. The Labute approximate surface area is 210 Å². The molecule has 5 rings (SSSR count). The second-order valence-electron chi connectivity index (χ2n) is 9.36. The standard InChI is InChI=1S/C27H33N3O4S/c1-32-22-13-17(14-23(33-2)26(22)34-3)27(31)28-18-15-19-7-6-8-20(16-18)30(19)12-11-25-29-21-9-4-5-10-24(21)35-25/h4-5,9-10,13-14,18-20H,6-8,11-12,15-16H2,1-3H3,(H,28,31)/t18?,19-,20+. The van der Waals surface area contributed by atoms with Crippen molar-refractivity contribution in [1.82, 2.24) is 15.2 Å². The fraction of sp³-hybridized carbons (Fsp3) is 0.481. The van der Waals surface area contributed by atoms with Gasteiger partial charge in [-0.25, -0.2) is 4.98 Å². The number of piperidine rings is 2. The summed E-state index contributed by atoms with van der Waals surface area (Å²) in [6, 6.07) is 13.0. The van der Waals surface area contributed by atoms with Gasteiger partial charge in [0.2, 0.25) is 5.75 Å². The first-order chi connectivity index (χ1) is 17.1. The Kier molecular flexibility index (Phi) is 7.11. The first-order valence-electron chi connectivity index (χ1n) is 12.3. The van der Waals surface area contributed by atoms with Crippen LogP contribution in [0.15, 0.2) is 36.4 Å². The van der Waals surface area contributed by atoms with Gasteiger partial charge < -0.3 is 19.5 Å². The maximum absolute atomic E-state index is 13.2. The molecule has 1 aromatic heterocycles. The van der Waals surface area contributed by atoms with Crippen molar-refractivity contribution in [3.8, 4) is 17.2 Å². The van der Waals surface area contributed by atoms with Gasteiger partial charge in [-0.15, -0.1) is 11.3 Å². The number of methoxy groups -OCH3 is 3. The molecule has 1 unspecified atom stereocenters. The fourth-order valence-electron chi connectivity index (χ4n) is 5.69. The molecule has 3 atom stereocenters. The quantitative estimate of drug-likeness (QED) is 0.489. The first kappa shape index (κ1) is 23.9. The third-order valence-corrected chi connectivity index (χ3v) is 8.41. The minimum absolute atomic E-state index is 0.102. The molecule has 2 bridgehead atoms. The average Bonchev–Trinajstić information content (AvgIpc) is 3.29. The minimum Gasteiger partial charge on any atom is -0.493 e. The van der Waals surface area contributed by atoms with E-state index in [0.717, 1.165) is 31.3 Å². The van der Waals surface area contributed by atoms with Crippen LogP contribution >= 0.6 is 11.3 Å². The van der Waals surface area contributed by atoms with E-state index >= 15 is 0 Å². The summed E-state index contributed by atoms with van der Waals surface area (Å²) in [5.74, 6) is 1.36. The number of fused-ring (bicyclic) bond motifs is 3. The third kappa shape index (κ3) is 4.95. The van der Waals surface area contributed by atoms with E-state index in [9.17, 15) is 4.79 Å². The number of nitrogens with zero attached hydrogens (tertiary/aromatic N) is 2. The lowest BCUT2D eigenvalue weighted by Crippen LogP contribution is -2.57. The smallest absolute Gasteiger partial charge is 0.251 e. The van der Waals surface area contributed by atoms with E-state index in [4.69, 9.17) is 19.2 Å². The molecule has 2 aromatic carbocycles. The highest BCUT2D eigenvalue weighted by atomic mass is 32.1. The number of amides is 1. The Morgan fingerprint density at radius 3 is 2.37 bits per heavy atom. The summed E-state index contributed by atoms with van der Waals surface area (Å²) in [7, 11) is 4.68. The van der Waals surface area contributed by atoms with Crippen LogP contribution in [0, 0.1) is 0 Å². The zero-order valence-corrected chi connectivity index (χ0v) is 21.4. The lowest BCUT2D eigenvalue weighted by molar-refractivity contribution is 0.0253. The predicted molar refractivity (Wildman–Crippen MR) is 138 cm³/mol. The predicted octanol–water partition coefficient (Wildman–Crippen LogP) is 4.68. The van der Waals surface area contributed by atoms with Crippen LogP contribution in [0.4, 0.5) is 0 Å². The Morgan fingerprint density at radius 1 is 1.06 bits per heavy atom. The Morgan fingerprint density at radius 2 is 1.74 bits per heavy atom. The topological polar surface area (TPSA) is 72.9 Å². The monoisotopic (exact) mass is 495 g/mol. The van der Waals surface area contributed by atoms with Crippen molar-refractivity contribution in [2.75, 3.05) is 27.9 Å². The van der Waals surface area contributed by atoms with Gasteiger partial charge in [0, 0.05) is 36.7 Å². The molecular weight excluding hydrogens is 462 g/mol. The van der Waals surface area contributed by atoms with Crippen molar-refractivity contribution in [1.29, 1.82) is 0 Å². The van der Waals surface area contributed by atoms with Crippen LogP contribution in [-0.2, 0) is 6.42 Å².